The van der Waals surface area contributed by atoms with Crippen LogP contribution in [0.3, 0.4) is 0 Å². The minimum absolute atomic E-state index is 0.127. The van der Waals surface area contributed by atoms with E-state index >= 15 is 0 Å². The quantitative estimate of drug-likeness (QED) is 0.865. The van der Waals surface area contributed by atoms with Crippen molar-refractivity contribution in [1.82, 2.24) is 9.88 Å². The molecule has 6 heteroatoms. The molecule has 2 aromatic rings. The summed E-state index contributed by atoms with van der Waals surface area (Å²) in [6.45, 7) is 1.22. The number of aromatic nitrogens is 1. The molecule has 1 saturated heterocycles. The highest BCUT2D eigenvalue weighted by Gasteiger charge is 2.19. The molecule has 1 aromatic carbocycles. The Morgan fingerprint density at radius 3 is 2.58 bits per heavy atom. The van der Waals surface area contributed by atoms with Gasteiger partial charge in [-0.3, -0.25) is 4.98 Å². The number of nitrogens with one attached hydrogen (secondary N) is 1. The molecule has 0 unspecified atom stereocenters. The predicted molar refractivity (Wildman–Crippen MR) is 93.4 cm³/mol. The molecule has 0 radical (unpaired) electrons. The lowest BCUT2D eigenvalue weighted by atomic mass is 10.0. The first kappa shape index (κ1) is 16.5. The van der Waals surface area contributed by atoms with Gasteiger partial charge in [-0.1, -0.05) is 29.3 Å². The van der Waals surface area contributed by atoms with Gasteiger partial charge in [0.2, 0.25) is 0 Å². The van der Waals surface area contributed by atoms with Crippen molar-refractivity contribution in [2.45, 2.75) is 12.8 Å². The second-order valence-corrected chi connectivity index (χ2v) is 6.06. The van der Waals surface area contributed by atoms with Gasteiger partial charge in [-0.15, -0.1) is 0 Å². The number of hydrogen-bond donors (Lipinski definition) is 1. The molecule has 1 aromatic heterocycles. The SMILES string of the molecule is O=C(Nc1ccncc1)N1CCC(=Cc2ccc(Cl)cc2F)CC1. The average Bonchev–Trinajstić information content (AvgIpc) is 2.59. The first-order valence-electron chi connectivity index (χ1n) is 7.72. The van der Waals surface area contributed by atoms with Crippen molar-refractivity contribution in [3.63, 3.8) is 0 Å². The topological polar surface area (TPSA) is 45.2 Å². The highest BCUT2D eigenvalue weighted by atomic mass is 35.5. The Balaban J connectivity index is 1.59. The van der Waals surface area contributed by atoms with Crippen LogP contribution in [-0.4, -0.2) is 29.0 Å². The Bertz CT molecular complexity index is 754. The fourth-order valence-electron chi connectivity index (χ4n) is 2.62. The van der Waals surface area contributed by atoms with Crippen LogP contribution >= 0.6 is 11.6 Å². The van der Waals surface area contributed by atoms with Crippen LogP contribution in [0.25, 0.3) is 6.08 Å². The summed E-state index contributed by atoms with van der Waals surface area (Å²) in [7, 11) is 0. The largest absolute Gasteiger partial charge is 0.324 e. The van der Waals surface area contributed by atoms with E-state index in [9.17, 15) is 9.18 Å². The predicted octanol–water partition coefficient (Wildman–Crippen LogP) is 4.59. The van der Waals surface area contributed by atoms with Gasteiger partial charge in [-0.25, -0.2) is 9.18 Å². The van der Waals surface area contributed by atoms with E-state index in [-0.39, 0.29) is 11.8 Å². The van der Waals surface area contributed by atoms with Gasteiger partial charge in [-0.2, -0.15) is 0 Å². The van der Waals surface area contributed by atoms with Gasteiger partial charge in [0.25, 0.3) is 0 Å². The average molecular weight is 346 g/mol. The zero-order chi connectivity index (χ0) is 16.9. The number of urea groups is 1. The number of rotatable bonds is 2. The molecule has 3 rings (SSSR count). The van der Waals surface area contributed by atoms with Gasteiger partial charge < -0.3 is 10.2 Å². The molecule has 4 nitrogen and oxygen atoms in total. The molecule has 0 atom stereocenters. The first-order chi connectivity index (χ1) is 11.6. The number of amides is 2. The molecule has 2 heterocycles. The third-order valence-corrected chi connectivity index (χ3v) is 4.18. The number of anilines is 1. The van der Waals surface area contributed by atoms with E-state index in [1.54, 1.807) is 41.6 Å². The molecular weight excluding hydrogens is 329 g/mol. The molecule has 0 bridgehead atoms. The zero-order valence-electron chi connectivity index (χ0n) is 13.0. The van der Waals surface area contributed by atoms with Crippen LogP contribution in [0, 0.1) is 5.82 Å². The van der Waals surface area contributed by atoms with Crippen molar-refractivity contribution in [2.24, 2.45) is 0 Å². The van der Waals surface area contributed by atoms with Crippen LogP contribution in [-0.2, 0) is 0 Å². The summed E-state index contributed by atoms with van der Waals surface area (Å²) < 4.78 is 13.8. The molecule has 1 aliphatic heterocycles. The number of hydrogen-bond acceptors (Lipinski definition) is 2. The smallest absolute Gasteiger partial charge is 0.321 e. The number of piperidine rings is 1. The summed E-state index contributed by atoms with van der Waals surface area (Å²) in [6, 6.07) is 8.03. The van der Waals surface area contributed by atoms with E-state index < -0.39 is 0 Å². The van der Waals surface area contributed by atoms with Crippen molar-refractivity contribution in [3.8, 4) is 0 Å². The summed E-state index contributed by atoms with van der Waals surface area (Å²) in [5.41, 5.74) is 2.38. The number of likely N-dealkylation sites (tertiary alicyclic amines) is 1. The lowest BCUT2D eigenvalue weighted by molar-refractivity contribution is 0.208. The maximum Gasteiger partial charge on any atom is 0.321 e. The normalized spacial score (nSPS) is 14.4. The van der Waals surface area contributed by atoms with Crippen LogP contribution in [0.4, 0.5) is 14.9 Å². The molecule has 1 aliphatic rings. The van der Waals surface area contributed by atoms with Gasteiger partial charge in [0.1, 0.15) is 5.82 Å². The fourth-order valence-corrected chi connectivity index (χ4v) is 2.78. The monoisotopic (exact) mass is 345 g/mol. The third kappa shape index (κ3) is 4.11. The van der Waals surface area contributed by atoms with Gasteiger partial charge in [-0.05, 0) is 37.1 Å². The Kier molecular flexibility index (Phi) is 5.11. The summed E-state index contributed by atoms with van der Waals surface area (Å²) in [6.07, 6.45) is 6.57. The molecule has 1 N–H and O–H groups in total. The zero-order valence-corrected chi connectivity index (χ0v) is 13.8. The maximum atomic E-state index is 13.8. The molecular formula is C18H17ClFN3O. The van der Waals surface area contributed by atoms with Crippen LogP contribution in [0.2, 0.25) is 5.02 Å². The minimum atomic E-state index is -0.326. The molecule has 2 amide bonds. The summed E-state index contributed by atoms with van der Waals surface area (Å²) in [5.74, 6) is -0.326. The van der Waals surface area contributed by atoms with Gasteiger partial charge >= 0.3 is 6.03 Å². The van der Waals surface area contributed by atoms with E-state index in [0.717, 1.165) is 24.1 Å². The number of benzene rings is 1. The molecule has 1 fully saturated rings. The Morgan fingerprint density at radius 2 is 1.92 bits per heavy atom. The second-order valence-electron chi connectivity index (χ2n) is 5.62. The number of nitrogens with zero attached hydrogens (tertiary/aromatic N) is 2. The fraction of sp³-hybridized carbons (Fsp3) is 0.222. The van der Waals surface area contributed by atoms with E-state index in [1.165, 1.54) is 6.07 Å². The molecule has 0 saturated carbocycles. The van der Waals surface area contributed by atoms with E-state index in [0.29, 0.717) is 23.7 Å². The van der Waals surface area contributed by atoms with Crippen molar-refractivity contribution in [1.29, 1.82) is 0 Å². The van der Waals surface area contributed by atoms with Gasteiger partial charge in [0.15, 0.2) is 0 Å². The highest BCUT2D eigenvalue weighted by molar-refractivity contribution is 6.30. The Labute approximate surface area is 145 Å². The Morgan fingerprint density at radius 1 is 1.21 bits per heavy atom. The minimum Gasteiger partial charge on any atom is -0.324 e. The highest BCUT2D eigenvalue weighted by Crippen LogP contribution is 2.23. The lowest BCUT2D eigenvalue weighted by Gasteiger charge is -2.28. The molecule has 124 valence electrons. The van der Waals surface area contributed by atoms with Crippen LogP contribution < -0.4 is 5.32 Å². The van der Waals surface area contributed by atoms with Crippen molar-refractivity contribution >= 4 is 29.4 Å². The van der Waals surface area contributed by atoms with E-state index in [4.69, 9.17) is 11.6 Å². The lowest BCUT2D eigenvalue weighted by Crippen LogP contribution is -2.39. The third-order valence-electron chi connectivity index (χ3n) is 3.95. The standard InChI is InChI=1S/C18H17ClFN3O/c19-15-2-1-14(17(20)12-15)11-13-5-9-23(10-6-13)18(24)22-16-3-7-21-8-4-16/h1-4,7-8,11-12H,5-6,9-10H2,(H,21,22,24). The second kappa shape index (κ2) is 7.45. The number of carbonyl (C=O) groups is 1. The first-order valence-corrected chi connectivity index (χ1v) is 8.10. The number of carbonyl (C=O) groups excluding carboxylic acids is 1. The van der Waals surface area contributed by atoms with Crippen LogP contribution in [0.15, 0.2) is 48.3 Å². The van der Waals surface area contributed by atoms with Crippen LogP contribution in [0.5, 0.6) is 0 Å². The van der Waals surface area contributed by atoms with Gasteiger partial charge in [0.05, 0.1) is 0 Å². The summed E-state index contributed by atoms with van der Waals surface area (Å²) in [5, 5.41) is 3.23. The number of halogens is 2. The Hall–Kier alpha value is -2.40. The number of pyridine rings is 1. The summed E-state index contributed by atoms with van der Waals surface area (Å²) >= 11 is 5.76. The molecule has 24 heavy (non-hydrogen) atoms. The van der Waals surface area contributed by atoms with Crippen LogP contribution in [0.1, 0.15) is 18.4 Å². The van der Waals surface area contributed by atoms with Gasteiger partial charge in [0, 0.05) is 41.8 Å². The van der Waals surface area contributed by atoms with E-state index in [2.05, 4.69) is 10.3 Å². The summed E-state index contributed by atoms with van der Waals surface area (Å²) in [4.78, 5) is 17.9. The van der Waals surface area contributed by atoms with Crippen molar-refractivity contribution in [2.75, 3.05) is 18.4 Å². The van der Waals surface area contributed by atoms with E-state index in [1.807, 2.05) is 6.08 Å². The molecule has 0 spiro atoms. The van der Waals surface area contributed by atoms with Crippen molar-refractivity contribution < 1.29 is 9.18 Å². The van der Waals surface area contributed by atoms with Crippen molar-refractivity contribution in [3.05, 3.63) is 64.7 Å². The maximum absolute atomic E-state index is 13.8. The molecule has 0 aliphatic carbocycles.